The fourth-order valence-corrected chi connectivity index (χ4v) is 2.67. The molecule has 0 radical (unpaired) electrons. The minimum Gasteiger partial charge on any atom is -0.288 e. The first-order valence-electron chi connectivity index (χ1n) is 7.80. The molecule has 0 unspecified atom stereocenters. The van der Waals surface area contributed by atoms with E-state index < -0.39 is 10.8 Å². The highest BCUT2D eigenvalue weighted by Crippen LogP contribution is 2.22. The average Bonchev–Trinajstić information content (AvgIpc) is 3.13. The standard InChI is InChI=1S/C16H17N7O3/c1-10-6-4-5-7-12(10)8-22-9-17-16(20-22)18-15(24)14-13(23(25)26)11(2)19-21(14)3/h4-7,9H,8H2,1-3H3,(H,18,20,24). The van der Waals surface area contributed by atoms with E-state index >= 15 is 0 Å². The fraction of sp³-hybridized carbons (Fsp3) is 0.250. The van der Waals surface area contributed by atoms with Gasteiger partial charge in [-0.2, -0.15) is 5.10 Å². The van der Waals surface area contributed by atoms with E-state index in [1.54, 1.807) is 4.68 Å². The molecule has 0 spiro atoms. The Kier molecular flexibility index (Phi) is 4.48. The number of benzene rings is 1. The molecule has 10 heteroatoms. The first-order chi connectivity index (χ1) is 12.4. The van der Waals surface area contributed by atoms with Gasteiger partial charge in [0.1, 0.15) is 12.0 Å². The van der Waals surface area contributed by atoms with E-state index in [2.05, 4.69) is 20.5 Å². The third kappa shape index (κ3) is 3.29. The summed E-state index contributed by atoms with van der Waals surface area (Å²) in [5, 5.41) is 21.8. The summed E-state index contributed by atoms with van der Waals surface area (Å²) in [7, 11) is 1.47. The topological polar surface area (TPSA) is 121 Å². The van der Waals surface area contributed by atoms with Gasteiger partial charge in [0.2, 0.25) is 11.6 Å². The summed E-state index contributed by atoms with van der Waals surface area (Å²) in [6.45, 7) is 3.98. The number of rotatable bonds is 5. The number of nitrogens with one attached hydrogen (secondary N) is 1. The number of amides is 1. The number of carbonyl (C=O) groups excluding carboxylic acids is 1. The number of hydrogen-bond acceptors (Lipinski definition) is 6. The molecule has 1 aromatic carbocycles. The molecular formula is C16H17N7O3. The van der Waals surface area contributed by atoms with Gasteiger partial charge in [0.05, 0.1) is 11.5 Å². The van der Waals surface area contributed by atoms with Crippen LogP contribution in [0, 0.1) is 24.0 Å². The number of nitro groups is 1. The first kappa shape index (κ1) is 17.3. The molecule has 0 saturated heterocycles. The molecule has 0 saturated carbocycles. The fourth-order valence-electron chi connectivity index (χ4n) is 2.67. The number of anilines is 1. The minimum atomic E-state index is -0.687. The second-order valence-corrected chi connectivity index (χ2v) is 5.81. The number of aromatic nitrogens is 5. The quantitative estimate of drug-likeness (QED) is 0.550. The van der Waals surface area contributed by atoms with Gasteiger partial charge in [-0.1, -0.05) is 24.3 Å². The summed E-state index contributed by atoms with van der Waals surface area (Å²) < 4.78 is 2.76. The zero-order chi connectivity index (χ0) is 18.8. The van der Waals surface area contributed by atoms with Crippen molar-refractivity contribution in [2.75, 3.05) is 5.32 Å². The number of aryl methyl sites for hydroxylation is 3. The molecule has 3 rings (SSSR count). The predicted octanol–water partition coefficient (Wildman–Crippen LogP) is 1.84. The first-order valence-corrected chi connectivity index (χ1v) is 7.80. The Morgan fingerprint density at radius 1 is 1.27 bits per heavy atom. The van der Waals surface area contributed by atoms with Crippen molar-refractivity contribution in [1.82, 2.24) is 24.5 Å². The summed E-state index contributed by atoms with van der Waals surface area (Å²) in [6, 6.07) is 7.87. The molecule has 0 atom stereocenters. The lowest BCUT2D eigenvalue weighted by Crippen LogP contribution is -2.18. The van der Waals surface area contributed by atoms with E-state index in [4.69, 9.17) is 0 Å². The van der Waals surface area contributed by atoms with Gasteiger partial charge in [-0.05, 0) is 25.0 Å². The van der Waals surface area contributed by atoms with Crippen molar-refractivity contribution >= 4 is 17.5 Å². The Hall–Kier alpha value is -3.56. The second-order valence-electron chi connectivity index (χ2n) is 5.81. The maximum Gasteiger partial charge on any atom is 0.322 e. The number of nitrogens with zero attached hydrogens (tertiary/aromatic N) is 6. The van der Waals surface area contributed by atoms with Crippen molar-refractivity contribution in [2.45, 2.75) is 20.4 Å². The average molecular weight is 355 g/mol. The van der Waals surface area contributed by atoms with Gasteiger partial charge >= 0.3 is 5.69 Å². The second kappa shape index (κ2) is 6.75. The monoisotopic (exact) mass is 355 g/mol. The molecular weight excluding hydrogens is 338 g/mol. The van der Waals surface area contributed by atoms with Crippen LogP contribution in [-0.2, 0) is 13.6 Å². The lowest BCUT2D eigenvalue weighted by molar-refractivity contribution is -0.385. The summed E-state index contributed by atoms with van der Waals surface area (Å²) in [6.07, 6.45) is 1.49. The summed E-state index contributed by atoms with van der Waals surface area (Å²) in [5.74, 6) is -0.620. The molecule has 0 fully saturated rings. The van der Waals surface area contributed by atoms with Crippen LogP contribution in [0.25, 0.3) is 0 Å². The van der Waals surface area contributed by atoms with Gasteiger partial charge in [0.15, 0.2) is 0 Å². The van der Waals surface area contributed by atoms with Crippen LogP contribution in [0.4, 0.5) is 11.6 Å². The number of carbonyl (C=O) groups is 1. The van der Waals surface area contributed by atoms with E-state index in [0.717, 1.165) is 11.1 Å². The van der Waals surface area contributed by atoms with Crippen LogP contribution in [0.15, 0.2) is 30.6 Å². The van der Waals surface area contributed by atoms with Crippen LogP contribution < -0.4 is 5.32 Å². The lowest BCUT2D eigenvalue weighted by Gasteiger charge is -2.04. The van der Waals surface area contributed by atoms with E-state index in [-0.39, 0.29) is 23.0 Å². The van der Waals surface area contributed by atoms with Crippen molar-refractivity contribution in [3.8, 4) is 0 Å². The molecule has 1 amide bonds. The van der Waals surface area contributed by atoms with Crippen LogP contribution in [-0.4, -0.2) is 35.4 Å². The predicted molar refractivity (Wildman–Crippen MR) is 92.9 cm³/mol. The molecule has 0 aliphatic carbocycles. The van der Waals surface area contributed by atoms with E-state index in [1.807, 2.05) is 31.2 Å². The van der Waals surface area contributed by atoms with E-state index in [9.17, 15) is 14.9 Å². The largest absolute Gasteiger partial charge is 0.322 e. The Bertz CT molecular complexity index is 990. The SMILES string of the molecule is Cc1ccccc1Cn1cnc(NC(=O)c2c([N+](=O)[O-])c(C)nn2C)n1. The van der Waals surface area contributed by atoms with Gasteiger partial charge in [-0.15, -0.1) is 5.10 Å². The zero-order valence-corrected chi connectivity index (χ0v) is 14.5. The number of hydrogen-bond donors (Lipinski definition) is 1. The van der Waals surface area contributed by atoms with Crippen molar-refractivity contribution in [1.29, 1.82) is 0 Å². The third-order valence-electron chi connectivity index (χ3n) is 3.94. The van der Waals surface area contributed by atoms with E-state index in [0.29, 0.717) is 6.54 Å². The van der Waals surface area contributed by atoms with E-state index in [1.165, 1.54) is 25.0 Å². The maximum atomic E-state index is 12.4. The van der Waals surface area contributed by atoms with Gasteiger partial charge in [0.25, 0.3) is 5.91 Å². The summed E-state index contributed by atoms with van der Waals surface area (Å²) in [4.78, 5) is 27.0. The Morgan fingerprint density at radius 2 is 2.00 bits per heavy atom. The molecule has 134 valence electrons. The van der Waals surface area contributed by atoms with Crippen molar-refractivity contribution < 1.29 is 9.72 Å². The van der Waals surface area contributed by atoms with Crippen molar-refractivity contribution in [2.24, 2.45) is 7.05 Å². The van der Waals surface area contributed by atoms with Crippen molar-refractivity contribution in [3.05, 3.63) is 63.2 Å². The molecule has 0 aliphatic rings. The highest BCUT2D eigenvalue weighted by molar-refractivity contribution is 6.05. The molecule has 2 heterocycles. The molecule has 1 N–H and O–H groups in total. The Morgan fingerprint density at radius 3 is 2.69 bits per heavy atom. The highest BCUT2D eigenvalue weighted by Gasteiger charge is 2.29. The normalized spacial score (nSPS) is 10.7. The van der Waals surface area contributed by atoms with Gasteiger partial charge in [-0.25, -0.2) is 9.67 Å². The van der Waals surface area contributed by atoms with Gasteiger partial charge < -0.3 is 0 Å². The van der Waals surface area contributed by atoms with Gasteiger partial charge in [0, 0.05) is 7.05 Å². The van der Waals surface area contributed by atoms with Gasteiger partial charge in [-0.3, -0.25) is 24.9 Å². The van der Waals surface area contributed by atoms with Crippen LogP contribution in [0.1, 0.15) is 27.3 Å². The van der Waals surface area contributed by atoms with Crippen molar-refractivity contribution in [3.63, 3.8) is 0 Å². The third-order valence-corrected chi connectivity index (χ3v) is 3.94. The van der Waals surface area contributed by atoms with Crippen LogP contribution in [0.5, 0.6) is 0 Å². The Labute approximate surface area is 148 Å². The molecule has 3 aromatic rings. The summed E-state index contributed by atoms with van der Waals surface area (Å²) in [5.41, 5.74) is 1.88. The smallest absolute Gasteiger partial charge is 0.288 e. The molecule has 0 bridgehead atoms. The molecule has 26 heavy (non-hydrogen) atoms. The Balaban J connectivity index is 1.79. The molecule has 0 aliphatic heterocycles. The zero-order valence-electron chi connectivity index (χ0n) is 14.5. The molecule has 2 aromatic heterocycles. The molecule has 10 nitrogen and oxygen atoms in total. The lowest BCUT2D eigenvalue weighted by atomic mass is 10.1. The van der Waals surface area contributed by atoms with Crippen LogP contribution in [0.3, 0.4) is 0 Å². The van der Waals surface area contributed by atoms with Crippen LogP contribution in [0.2, 0.25) is 0 Å². The van der Waals surface area contributed by atoms with Crippen LogP contribution >= 0.6 is 0 Å². The maximum absolute atomic E-state index is 12.4. The minimum absolute atomic E-state index is 0.0664. The highest BCUT2D eigenvalue weighted by atomic mass is 16.6. The summed E-state index contributed by atoms with van der Waals surface area (Å²) >= 11 is 0.